The van der Waals surface area contributed by atoms with Gasteiger partial charge in [0, 0.05) is 6.42 Å². The number of carboxylic acids is 1. The number of allylic oxidation sites excluding steroid dienone is 2. The Morgan fingerprint density at radius 3 is 2.69 bits per heavy atom. The van der Waals surface area contributed by atoms with E-state index in [1.165, 1.54) is 6.42 Å². The molecular formula is C11H20O2. The van der Waals surface area contributed by atoms with Gasteiger partial charge in [-0.25, -0.2) is 0 Å². The molecule has 0 saturated carbocycles. The lowest BCUT2D eigenvalue weighted by molar-refractivity contribution is -0.137. The molecule has 0 rings (SSSR count). The molecule has 0 saturated heterocycles. The lowest BCUT2D eigenvalue weighted by atomic mass is 10.1. The van der Waals surface area contributed by atoms with Crippen molar-refractivity contribution in [2.45, 2.75) is 46.0 Å². The molecule has 0 amide bonds. The van der Waals surface area contributed by atoms with Crippen LogP contribution >= 0.6 is 0 Å². The van der Waals surface area contributed by atoms with E-state index < -0.39 is 5.97 Å². The molecule has 0 radical (unpaired) electrons. The average molecular weight is 184 g/mol. The maximum absolute atomic E-state index is 10.2. The zero-order valence-corrected chi connectivity index (χ0v) is 8.62. The van der Waals surface area contributed by atoms with Gasteiger partial charge in [0.2, 0.25) is 0 Å². The fourth-order valence-electron chi connectivity index (χ4n) is 1.00. The Morgan fingerprint density at radius 1 is 1.46 bits per heavy atom. The average Bonchev–Trinajstić information content (AvgIpc) is 2.10. The second kappa shape index (κ2) is 7.84. The molecular weight excluding hydrogens is 164 g/mol. The van der Waals surface area contributed by atoms with Crippen LogP contribution in [0.5, 0.6) is 0 Å². The smallest absolute Gasteiger partial charge is 0.303 e. The number of aliphatic carboxylic acids is 1. The predicted octanol–water partition coefficient (Wildman–Crippen LogP) is 3.23. The van der Waals surface area contributed by atoms with Gasteiger partial charge in [0.15, 0.2) is 0 Å². The summed E-state index contributed by atoms with van der Waals surface area (Å²) in [5.41, 5.74) is 0. The lowest BCUT2D eigenvalue weighted by Gasteiger charge is -1.99. The van der Waals surface area contributed by atoms with Crippen LogP contribution in [0.1, 0.15) is 46.0 Å². The largest absolute Gasteiger partial charge is 0.481 e. The molecule has 0 aromatic heterocycles. The molecule has 13 heavy (non-hydrogen) atoms. The van der Waals surface area contributed by atoms with Crippen molar-refractivity contribution in [1.82, 2.24) is 0 Å². The minimum Gasteiger partial charge on any atom is -0.481 e. The van der Waals surface area contributed by atoms with E-state index in [9.17, 15) is 4.79 Å². The molecule has 0 bridgehead atoms. The molecule has 2 nitrogen and oxygen atoms in total. The number of hydrogen-bond donors (Lipinski definition) is 1. The molecule has 1 N–H and O–H groups in total. The molecule has 0 fully saturated rings. The quantitative estimate of drug-likeness (QED) is 0.487. The Kier molecular flexibility index (Phi) is 7.36. The normalized spacial score (nSPS) is 13.4. The molecule has 0 heterocycles. The predicted molar refractivity (Wildman–Crippen MR) is 54.7 cm³/mol. The van der Waals surface area contributed by atoms with Crippen LogP contribution in [-0.2, 0) is 4.79 Å². The number of carbonyl (C=O) groups is 1. The van der Waals surface area contributed by atoms with Crippen molar-refractivity contribution in [3.8, 4) is 0 Å². The van der Waals surface area contributed by atoms with Gasteiger partial charge in [-0.3, -0.25) is 4.79 Å². The van der Waals surface area contributed by atoms with E-state index in [0.29, 0.717) is 12.3 Å². The topological polar surface area (TPSA) is 37.3 Å². The van der Waals surface area contributed by atoms with Crippen molar-refractivity contribution in [2.75, 3.05) is 0 Å². The van der Waals surface area contributed by atoms with E-state index in [0.717, 1.165) is 19.3 Å². The minimum atomic E-state index is -0.689. The Balaban J connectivity index is 3.25. The highest BCUT2D eigenvalue weighted by atomic mass is 16.4. The summed E-state index contributed by atoms with van der Waals surface area (Å²) in [4.78, 5) is 10.2. The van der Waals surface area contributed by atoms with Gasteiger partial charge >= 0.3 is 5.97 Å². The van der Waals surface area contributed by atoms with Gasteiger partial charge in [0.05, 0.1) is 0 Å². The summed E-state index contributed by atoms with van der Waals surface area (Å²) in [6.45, 7) is 4.35. The minimum absolute atomic E-state index is 0.303. The highest BCUT2D eigenvalue weighted by Gasteiger charge is 1.94. The van der Waals surface area contributed by atoms with Gasteiger partial charge in [-0.2, -0.15) is 0 Å². The number of hydrogen-bond acceptors (Lipinski definition) is 1. The second-order valence-electron chi connectivity index (χ2n) is 3.45. The summed E-state index contributed by atoms with van der Waals surface area (Å²) in [6, 6.07) is 0. The molecule has 1 atom stereocenters. The highest BCUT2D eigenvalue weighted by Crippen LogP contribution is 2.05. The Hall–Kier alpha value is -0.790. The van der Waals surface area contributed by atoms with Crippen molar-refractivity contribution < 1.29 is 9.90 Å². The Labute approximate surface area is 80.7 Å². The van der Waals surface area contributed by atoms with E-state index in [1.807, 2.05) is 0 Å². The van der Waals surface area contributed by atoms with Crippen molar-refractivity contribution in [3.63, 3.8) is 0 Å². The van der Waals surface area contributed by atoms with Crippen LogP contribution in [0.15, 0.2) is 12.2 Å². The third kappa shape index (κ3) is 9.12. The molecule has 0 spiro atoms. The summed E-state index contributed by atoms with van der Waals surface area (Å²) in [5, 5.41) is 8.38. The first-order chi connectivity index (χ1) is 6.16. The SMILES string of the molecule is CCC(C)/C=C/CCCCC(=O)O. The second-order valence-corrected chi connectivity index (χ2v) is 3.45. The van der Waals surface area contributed by atoms with Crippen LogP contribution in [0, 0.1) is 5.92 Å². The fraction of sp³-hybridized carbons (Fsp3) is 0.727. The van der Waals surface area contributed by atoms with Gasteiger partial charge in [-0.15, -0.1) is 0 Å². The molecule has 0 aliphatic carbocycles. The first-order valence-corrected chi connectivity index (χ1v) is 5.05. The first kappa shape index (κ1) is 12.2. The Bertz CT molecular complexity index is 161. The zero-order chi connectivity index (χ0) is 10.1. The van der Waals surface area contributed by atoms with Crippen LogP contribution < -0.4 is 0 Å². The van der Waals surface area contributed by atoms with E-state index in [4.69, 9.17) is 5.11 Å². The van der Waals surface area contributed by atoms with Crippen LogP contribution in [-0.4, -0.2) is 11.1 Å². The summed E-state index contributed by atoms with van der Waals surface area (Å²) in [6.07, 6.45) is 8.64. The van der Waals surface area contributed by atoms with Crippen molar-refractivity contribution >= 4 is 5.97 Å². The summed E-state index contributed by atoms with van der Waals surface area (Å²) >= 11 is 0. The molecule has 0 aliphatic heterocycles. The van der Waals surface area contributed by atoms with Crippen LogP contribution in [0.3, 0.4) is 0 Å². The monoisotopic (exact) mass is 184 g/mol. The van der Waals surface area contributed by atoms with Crippen molar-refractivity contribution in [3.05, 3.63) is 12.2 Å². The van der Waals surface area contributed by atoms with Crippen molar-refractivity contribution in [1.29, 1.82) is 0 Å². The van der Waals surface area contributed by atoms with Gasteiger partial charge in [-0.05, 0) is 25.2 Å². The molecule has 0 aliphatic rings. The maximum atomic E-state index is 10.2. The van der Waals surface area contributed by atoms with Crippen LogP contribution in [0.2, 0.25) is 0 Å². The van der Waals surface area contributed by atoms with Crippen LogP contribution in [0.25, 0.3) is 0 Å². The number of carboxylic acid groups (broad SMARTS) is 1. The molecule has 0 aromatic rings. The molecule has 0 aromatic carbocycles. The number of rotatable bonds is 7. The third-order valence-electron chi connectivity index (χ3n) is 2.12. The van der Waals surface area contributed by atoms with Gasteiger partial charge in [0.1, 0.15) is 0 Å². The van der Waals surface area contributed by atoms with E-state index in [1.54, 1.807) is 0 Å². The van der Waals surface area contributed by atoms with Gasteiger partial charge < -0.3 is 5.11 Å². The maximum Gasteiger partial charge on any atom is 0.303 e. The highest BCUT2D eigenvalue weighted by molar-refractivity contribution is 5.66. The lowest BCUT2D eigenvalue weighted by Crippen LogP contribution is -1.93. The molecule has 1 unspecified atom stereocenters. The van der Waals surface area contributed by atoms with Gasteiger partial charge in [0.25, 0.3) is 0 Å². The van der Waals surface area contributed by atoms with Crippen molar-refractivity contribution in [2.24, 2.45) is 5.92 Å². The third-order valence-corrected chi connectivity index (χ3v) is 2.12. The van der Waals surface area contributed by atoms with Crippen LogP contribution in [0.4, 0.5) is 0 Å². The first-order valence-electron chi connectivity index (χ1n) is 5.05. The zero-order valence-electron chi connectivity index (χ0n) is 8.62. The van der Waals surface area contributed by atoms with E-state index >= 15 is 0 Å². The summed E-state index contributed by atoms with van der Waals surface area (Å²) in [5.74, 6) is -0.0367. The Morgan fingerprint density at radius 2 is 2.15 bits per heavy atom. The van der Waals surface area contributed by atoms with E-state index in [2.05, 4.69) is 26.0 Å². The standard InChI is InChI=1S/C11H20O2/c1-3-10(2)8-6-4-5-7-9-11(12)13/h6,8,10H,3-5,7,9H2,1-2H3,(H,12,13)/b8-6+. The van der Waals surface area contributed by atoms with Gasteiger partial charge in [-0.1, -0.05) is 32.4 Å². The van der Waals surface area contributed by atoms with E-state index in [-0.39, 0.29) is 0 Å². The molecule has 2 heteroatoms. The summed E-state index contributed by atoms with van der Waals surface area (Å²) < 4.78 is 0. The summed E-state index contributed by atoms with van der Waals surface area (Å²) in [7, 11) is 0. The molecule has 76 valence electrons. The fourth-order valence-corrected chi connectivity index (χ4v) is 1.00. The number of unbranched alkanes of at least 4 members (excludes halogenated alkanes) is 2.